The van der Waals surface area contributed by atoms with Crippen LogP contribution in [0.5, 0.6) is 0 Å². The van der Waals surface area contributed by atoms with Crippen molar-refractivity contribution in [3.05, 3.63) is 59.8 Å². The molecule has 0 bridgehead atoms. The normalized spacial score (nSPS) is 17.1. The maximum absolute atomic E-state index is 9.06. The summed E-state index contributed by atoms with van der Waals surface area (Å²) in [5, 5.41) is 9.06. The molecular formula is C18H19N3O. The summed E-state index contributed by atoms with van der Waals surface area (Å²) in [4.78, 5) is 6.64. The monoisotopic (exact) mass is 293 g/mol. The van der Waals surface area contributed by atoms with Crippen molar-refractivity contribution >= 4 is 5.82 Å². The third-order valence-electron chi connectivity index (χ3n) is 3.84. The largest absolute Gasteiger partial charge is 0.376 e. The Balaban J connectivity index is 1.82. The summed E-state index contributed by atoms with van der Waals surface area (Å²) in [6, 6.07) is 18.0. The average Bonchev–Trinajstić information content (AvgIpc) is 3.08. The van der Waals surface area contributed by atoms with Crippen LogP contribution in [0.1, 0.15) is 24.1 Å². The van der Waals surface area contributed by atoms with Gasteiger partial charge in [0.1, 0.15) is 17.6 Å². The molecule has 0 saturated carbocycles. The van der Waals surface area contributed by atoms with Gasteiger partial charge in [0, 0.05) is 19.7 Å². The molecule has 0 radical (unpaired) electrons. The fraction of sp³-hybridized carbons (Fsp3) is 0.333. The van der Waals surface area contributed by atoms with Gasteiger partial charge in [0.25, 0.3) is 0 Å². The van der Waals surface area contributed by atoms with Crippen molar-refractivity contribution in [1.29, 1.82) is 5.26 Å². The number of aromatic nitrogens is 1. The van der Waals surface area contributed by atoms with Crippen LogP contribution in [0, 0.1) is 11.3 Å². The zero-order valence-electron chi connectivity index (χ0n) is 12.5. The van der Waals surface area contributed by atoms with Gasteiger partial charge in [-0.15, -0.1) is 0 Å². The minimum Gasteiger partial charge on any atom is -0.376 e. The molecular weight excluding hydrogens is 274 g/mol. The van der Waals surface area contributed by atoms with Gasteiger partial charge in [-0.1, -0.05) is 36.4 Å². The first-order chi connectivity index (χ1) is 10.8. The molecule has 1 aromatic heterocycles. The molecule has 3 rings (SSSR count). The minimum absolute atomic E-state index is 0.247. The maximum atomic E-state index is 9.06. The number of rotatable bonds is 5. The van der Waals surface area contributed by atoms with E-state index in [1.807, 2.05) is 30.3 Å². The molecule has 1 fully saturated rings. The first-order valence-electron chi connectivity index (χ1n) is 7.63. The molecule has 2 heterocycles. The number of hydrogen-bond acceptors (Lipinski definition) is 4. The van der Waals surface area contributed by atoms with Gasteiger partial charge in [-0.05, 0) is 30.5 Å². The molecule has 4 heteroatoms. The lowest BCUT2D eigenvalue weighted by atomic mass is 10.2. The summed E-state index contributed by atoms with van der Waals surface area (Å²) in [5.74, 6) is 0.832. The average molecular weight is 293 g/mol. The summed E-state index contributed by atoms with van der Waals surface area (Å²) in [6.45, 7) is 2.41. The zero-order chi connectivity index (χ0) is 15.2. The molecule has 22 heavy (non-hydrogen) atoms. The van der Waals surface area contributed by atoms with E-state index < -0.39 is 0 Å². The SMILES string of the molecule is N#Cc1cccc(N(Cc2ccccc2)CC2CCCO2)n1. The first kappa shape index (κ1) is 14.6. The second-order valence-electron chi connectivity index (χ2n) is 5.49. The van der Waals surface area contributed by atoms with E-state index in [2.05, 4.69) is 28.1 Å². The molecule has 112 valence electrons. The van der Waals surface area contributed by atoms with Crippen LogP contribution in [-0.2, 0) is 11.3 Å². The smallest absolute Gasteiger partial charge is 0.142 e. The van der Waals surface area contributed by atoms with Gasteiger partial charge in [-0.2, -0.15) is 5.26 Å². The summed E-state index contributed by atoms with van der Waals surface area (Å²) in [6.07, 6.45) is 2.45. The molecule has 0 amide bonds. The number of benzene rings is 1. The van der Waals surface area contributed by atoms with Crippen molar-refractivity contribution in [2.45, 2.75) is 25.5 Å². The molecule has 0 spiro atoms. The highest BCUT2D eigenvalue weighted by Crippen LogP contribution is 2.20. The van der Waals surface area contributed by atoms with Crippen LogP contribution in [0.4, 0.5) is 5.82 Å². The van der Waals surface area contributed by atoms with Crippen molar-refractivity contribution in [1.82, 2.24) is 4.98 Å². The molecule has 1 atom stereocenters. The lowest BCUT2D eigenvalue weighted by Crippen LogP contribution is -2.32. The molecule has 0 aliphatic carbocycles. The van der Waals surface area contributed by atoms with Gasteiger partial charge in [0.2, 0.25) is 0 Å². The van der Waals surface area contributed by atoms with Crippen molar-refractivity contribution in [3.8, 4) is 6.07 Å². The van der Waals surface area contributed by atoms with Crippen LogP contribution in [0.25, 0.3) is 0 Å². The Bertz CT molecular complexity index is 645. The Morgan fingerprint density at radius 3 is 2.77 bits per heavy atom. The highest BCUT2D eigenvalue weighted by molar-refractivity contribution is 5.42. The van der Waals surface area contributed by atoms with Crippen molar-refractivity contribution in [2.75, 3.05) is 18.1 Å². The van der Waals surface area contributed by atoms with Crippen LogP contribution < -0.4 is 4.90 Å². The molecule has 4 nitrogen and oxygen atoms in total. The van der Waals surface area contributed by atoms with Crippen molar-refractivity contribution in [2.24, 2.45) is 0 Å². The van der Waals surface area contributed by atoms with E-state index in [0.29, 0.717) is 5.69 Å². The predicted octanol–water partition coefficient (Wildman–Crippen LogP) is 3.14. The van der Waals surface area contributed by atoms with Gasteiger partial charge < -0.3 is 9.64 Å². The fourth-order valence-corrected chi connectivity index (χ4v) is 2.74. The Morgan fingerprint density at radius 2 is 2.05 bits per heavy atom. The first-order valence-corrected chi connectivity index (χ1v) is 7.63. The minimum atomic E-state index is 0.247. The molecule has 2 aromatic rings. The molecule has 1 unspecified atom stereocenters. The molecule has 1 aliphatic heterocycles. The number of ether oxygens (including phenoxy) is 1. The summed E-state index contributed by atoms with van der Waals surface area (Å²) in [5.41, 5.74) is 1.67. The second-order valence-corrected chi connectivity index (χ2v) is 5.49. The van der Waals surface area contributed by atoms with Gasteiger partial charge in [-0.25, -0.2) is 4.98 Å². The molecule has 1 saturated heterocycles. The fourth-order valence-electron chi connectivity index (χ4n) is 2.74. The predicted molar refractivity (Wildman–Crippen MR) is 85.4 cm³/mol. The van der Waals surface area contributed by atoms with E-state index in [4.69, 9.17) is 10.00 Å². The van der Waals surface area contributed by atoms with E-state index in [1.165, 1.54) is 5.56 Å². The standard InChI is InChI=1S/C18H19N3O/c19-12-16-8-4-10-18(20-16)21(14-17-9-5-11-22-17)13-15-6-2-1-3-7-15/h1-4,6-8,10,17H,5,9,11,13-14H2. The number of nitriles is 1. The summed E-state index contributed by atoms with van der Waals surface area (Å²) in [7, 11) is 0. The van der Waals surface area contributed by atoms with Crippen LogP contribution >= 0.6 is 0 Å². The maximum Gasteiger partial charge on any atom is 0.142 e. The summed E-state index contributed by atoms with van der Waals surface area (Å²) < 4.78 is 5.76. The number of pyridine rings is 1. The molecule has 0 N–H and O–H groups in total. The zero-order valence-corrected chi connectivity index (χ0v) is 12.5. The van der Waals surface area contributed by atoms with Gasteiger partial charge in [-0.3, -0.25) is 0 Å². The second kappa shape index (κ2) is 7.06. The number of anilines is 1. The van der Waals surface area contributed by atoms with Crippen LogP contribution in [0.2, 0.25) is 0 Å². The highest BCUT2D eigenvalue weighted by atomic mass is 16.5. The Kier molecular flexibility index (Phi) is 4.67. The Labute approximate surface area is 131 Å². The van der Waals surface area contributed by atoms with Gasteiger partial charge in [0.05, 0.1) is 6.10 Å². The Hall–Kier alpha value is -2.38. The molecule has 1 aliphatic rings. The van der Waals surface area contributed by atoms with E-state index in [0.717, 1.165) is 38.4 Å². The third-order valence-corrected chi connectivity index (χ3v) is 3.84. The van der Waals surface area contributed by atoms with Gasteiger partial charge >= 0.3 is 0 Å². The van der Waals surface area contributed by atoms with Gasteiger partial charge in [0.15, 0.2) is 0 Å². The molecule has 1 aromatic carbocycles. The van der Waals surface area contributed by atoms with E-state index in [9.17, 15) is 0 Å². The van der Waals surface area contributed by atoms with E-state index in [-0.39, 0.29) is 6.10 Å². The number of hydrogen-bond donors (Lipinski definition) is 0. The highest BCUT2D eigenvalue weighted by Gasteiger charge is 2.20. The number of nitrogens with zero attached hydrogens (tertiary/aromatic N) is 3. The van der Waals surface area contributed by atoms with Crippen LogP contribution in [0.15, 0.2) is 48.5 Å². The van der Waals surface area contributed by atoms with E-state index in [1.54, 1.807) is 6.07 Å². The van der Waals surface area contributed by atoms with Crippen molar-refractivity contribution in [3.63, 3.8) is 0 Å². The summed E-state index contributed by atoms with van der Waals surface area (Å²) >= 11 is 0. The topological polar surface area (TPSA) is 49.2 Å². The third kappa shape index (κ3) is 3.63. The van der Waals surface area contributed by atoms with Crippen LogP contribution in [-0.4, -0.2) is 24.2 Å². The lowest BCUT2D eigenvalue weighted by molar-refractivity contribution is 0.115. The lowest BCUT2D eigenvalue weighted by Gasteiger charge is -2.26. The Morgan fingerprint density at radius 1 is 1.18 bits per heavy atom. The van der Waals surface area contributed by atoms with E-state index >= 15 is 0 Å². The quantitative estimate of drug-likeness (QED) is 0.849. The van der Waals surface area contributed by atoms with Crippen molar-refractivity contribution < 1.29 is 4.74 Å². The van der Waals surface area contributed by atoms with Crippen LogP contribution in [0.3, 0.4) is 0 Å².